The molecule has 0 aromatic rings. The first-order chi connectivity index (χ1) is 14.1. The first kappa shape index (κ1) is 22.4. The summed E-state index contributed by atoms with van der Waals surface area (Å²) in [6.07, 6.45) is 14.7. The van der Waals surface area contributed by atoms with Crippen molar-refractivity contribution in [2.45, 2.75) is 77.6 Å². The Morgan fingerprint density at radius 2 is 1.97 bits per heavy atom. The Kier molecular flexibility index (Phi) is 5.93. The molecule has 4 heteroatoms. The van der Waals surface area contributed by atoms with Crippen LogP contribution >= 0.6 is 11.8 Å². The fourth-order valence-corrected chi connectivity index (χ4v) is 7.54. The summed E-state index contributed by atoms with van der Waals surface area (Å²) in [4.78, 5) is 0. The van der Waals surface area contributed by atoms with Crippen molar-refractivity contribution < 1.29 is 15.3 Å². The monoisotopic (exact) mass is 430 g/mol. The van der Waals surface area contributed by atoms with E-state index in [0.29, 0.717) is 24.7 Å². The first-order valence-corrected chi connectivity index (χ1v) is 12.7. The summed E-state index contributed by atoms with van der Waals surface area (Å²) in [7, 11) is 0. The van der Waals surface area contributed by atoms with Crippen LogP contribution in [0.15, 0.2) is 47.1 Å². The molecule has 2 fully saturated rings. The molecule has 4 aliphatic rings. The molecule has 0 spiro atoms. The lowest BCUT2D eigenvalue weighted by atomic mass is 9.50. The number of fused-ring (bicyclic) bond motifs is 5. The molecule has 0 aromatic carbocycles. The highest BCUT2D eigenvalue weighted by Gasteiger charge is 2.56. The van der Waals surface area contributed by atoms with E-state index >= 15 is 0 Å². The molecule has 0 aliphatic heterocycles. The molecule has 0 heterocycles. The Morgan fingerprint density at radius 3 is 2.70 bits per heavy atom. The van der Waals surface area contributed by atoms with Gasteiger partial charge in [0.2, 0.25) is 0 Å². The number of aliphatic hydroxyl groups excluding tert-OH is 2. The third kappa shape index (κ3) is 3.79. The molecule has 6 atom stereocenters. The van der Waals surface area contributed by atoms with E-state index in [-0.39, 0.29) is 10.8 Å². The van der Waals surface area contributed by atoms with Crippen molar-refractivity contribution >= 4 is 11.8 Å². The highest BCUT2D eigenvalue weighted by Crippen LogP contribution is 2.63. The van der Waals surface area contributed by atoms with E-state index in [0.717, 1.165) is 24.3 Å². The maximum atomic E-state index is 11.0. The lowest BCUT2D eigenvalue weighted by Crippen LogP contribution is -2.52. The van der Waals surface area contributed by atoms with Crippen LogP contribution in [0, 0.1) is 22.7 Å². The summed E-state index contributed by atoms with van der Waals surface area (Å²) in [6, 6.07) is 0. The Morgan fingerprint density at radius 1 is 1.20 bits per heavy atom. The standard InChI is InChI=1S/C26H38O3S/c1-24(2,29)11-5-13-30-16-18-7-9-21-20-8-6-17-14-19(27)15-23(28)26(17,4)22(20)10-12-25(18,21)3/h5-8,11,19,21-23,27-29H,9-10,12-16H2,1-4H3/b11-5+/t19-,21+,22+,23+,25-,26+/m1/s1. The van der Waals surface area contributed by atoms with E-state index in [1.165, 1.54) is 17.6 Å². The van der Waals surface area contributed by atoms with E-state index in [2.05, 4.69) is 38.2 Å². The van der Waals surface area contributed by atoms with Crippen molar-refractivity contribution in [1.82, 2.24) is 0 Å². The number of hydrogen-bond donors (Lipinski definition) is 3. The maximum Gasteiger partial charge on any atom is 0.0771 e. The lowest BCUT2D eigenvalue weighted by Gasteiger charge is -2.56. The van der Waals surface area contributed by atoms with E-state index < -0.39 is 17.8 Å². The van der Waals surface area contributed by atoms with Gasteiger partial charge in [0.1, 0.15) is 0 Å². The van der Waals surface area contributed by atoms with Crippen LogP contribution in [-0.4, -0.2) is 44.6 Å². The van der Waals surface area contributed by atoms with Crippen molar-refractivity contribution in [3.05, 3.63) is 47.1 Å². The second kappa shape index (κ2) is 7.95. The minimum Gasteiger partial charge on any atom is -0.393 e. The smallest absolute Gasteiger partial charge is 0.0771 e. The van der Waals surface area contributed by atoms with Crippen LogP contribution in [0.4, 0.5) is 0 Å². The van der Waals surface area contributed by atoms with Crippen LogP contribution in [0.2, 0.25) is 0 Å². The number of aliphatic hydroxyl groups is 3. The molecule has 3 nitrogen and oxygen atoms in total. The molecule has 0 saturated heterocycles. The van der Waals surface area contributed by atoms with Gasteiger partial charge in [0.05, 0.1) is 17.8 Å². The zero-order valence-electron chi connectivity index (χ0n) is 18.9. The molecular formula is C26H38O3S. The van der Waals surface area contributed by atoms with Crippen LogP contribution in [0.1, 0.15) is 59.8 Å². The van der Waals surface area contributed by atoms with Crippen molar-refractivity contribution in [3.8, 4) is 0 Å². The Balaban J connectivity index is 1.48. The number of allylic oxidation sites excluding steroid dienone is 4. The van der Waals surface area contributed by atoms with Crippen LogP contribution in [-0.2, 0) is 0 Å². The van der Waals surface area contributed by atoms with Gasteiger partial charge in [-0.2, -0.15) is 11.8 Å². The maximum absolute atomic E-state index is 11.0. The predicted octanol–water partition coefficient (Wildman–Crippen LogP) is 4.80. The molecule has 166 valence electrons. The third-order valence-corrected chi connectivity index (χ3v) is 9.34. The minimum absolute atomic E-state index is 0.218. The second-order valence-electron chi connectivity index (χ2n) is 10.8. The second-order valence-corrected chi connectivity index (χ2v) is 11.9. The quantitative estimate of drug-likeness (QED) is 0.433. The number of thioether (sulfide) groups is 1. The van der Waals surface area contributed by atoms with Crippen LogP contribution in [0.25, 0.3) is 0 Å². The summed E-state index contributed by atoms with van der Waals surface area (Å²) < 4.78 is 0. The molecule has 0 unspecified atom stereocenters. The van der Waals surface area contributed by atoms with Gasteiger partial charge < -0.3 is 15.3 Å². The van der Waals surface area contributed by atoms with Gasteiger partial charge in [-0.05, 0) is 56.8 Å². The minimum atomic E-state index is -0.738. The molecule has 3 N–H and O–H groups in total. The summed E-state index contributed by atoms with van der Waals surface area (Å²) >= 11 is 1.93. The average molecular weight is 431 g/mol. The molecule has 4 aliphatic carbocycles. The molecule has 0 amide bonds. The molecule has 0 bridgehead atoms. The zero-order chi connectivity index (χ0) is 21.7. The van der Waals surface area contributed by atoms with Crippen molar-refractivity contribution in [1.29, 1.82) is 0 Å². The van der Waals surface area contributed by atoms with Gasteiger partial charge in [-0.1, -0.05) is 60.9 Å². The normalized spacial score (nSPS) is 41.0. The molecule has 4 rings (SSSR count). The largest absolute Gasteiger partial charge is 0.393 e. The van der Waals surface area contributed by atoms with Gasteiger partial charge in [0.15, 0.2) is 0 Å². The predicted molar refractivity (Wildman–Crippen MR) is 125 cm³/mol. The van der Waals surface area contributed by atoms with Crippen LogP contribution in [0.5, 0.6) is 0 Å². The number of rotatable bonds is 5. The van der Waals surface area contributed by atoms with Crippen molar-refractivity contribution in [3.63, 3.8) is 0 Å². The average Bonchev–Trinajstić information content (AvgIpc) is 2.98. The van der Waals surface area contributed by atoms with E-state index in [1.54, 1.807) is 19.4 Å². The lowest BCUT2D eigenvalue weighted by molar-refractivity contribution is -0.0488. The Labute approximate surface area is 186 Å². The van der Waals surface area contributed by atoms with Crippen molar-refractivity contribution in [2.24, 2.45) is 22.7 Å². The summed E-state index contributed by atoms with van der Waals surface area (Å²) in [5.41, 5.74) is 3.61. The van der Waals surface area contributed by atoms with Gasteiger partial charge in [-0.3, -0.25) is 0 Å². The van der Waals surface area contributed by atoms with Crippen LogP contribution in [0.3, 0.4) is 0 Å². The highest BCUT2D eigenvalue weighted by atomic mass is 32.2. The summed E-state index contributed by atoms with van der Waals surface area (Å²) in [6.45, 7) is 8.30. The fourth-order valence-electron chi connectivity index (χ4n) is 6.52. The van der Waals surface area contributed by atoms with E-state index in [1.807, 2.05) is 17.8 Å². The van der Waals surface area contributed by atoms with E-state index in [4.69, 9.17) is 0 Å². The van der Waals surface area contributed by atoms with Crippen molar-refractivity contribution in [2.75, 3.05) is 11.5 Å². The fraction of sp³-hybridized carbons (Fsp3) is 0.692. The van der Waals surface area contributed by atoms with Gasteiger partial charge in [-0.15, -0.1) is 0 Å². The summed E-state index contributed by atoms with van der Waals surface area (Å²) in [5, 5.41) is 31.0. The molecule has 2 saturated carbocycles. The Hall–Kier alpha value is -0.810. The SMILES string of the molecule is CC(C)(O)/C=C/CSCC1=CC[C@H]2C3=CC=C4C[C@@H](O)C[C@H](O)[C@]4(C)[C@H]3CC[C@]12C. The van der Waals surface area contributed by atoms with Crippen LogP contribution < -0.4 is 0 Å². The first-order valence-electron chi connectivity index (χ1n) is 11.5. The molecule has 0 aromatic heterocycles. The van der Waals surface area contributed by atoms with Gasteiger partial charge in [0, 0.05) is 23.3 Å². The van der Waals surface area contributed by atoms with Gasteiger partial charge in [-0.25, -0.2) is 0 Å². The van der Waals surface area contributed by atoms with Gasteiger partial charge >= 0.3 is 0 Å². The van der Waals surface area contributed by atoms with Gasteiger partial charge in [0.25, 0.3) is 0 Å². The highest BCUT2D eigenvalue weighted by molar-refractivity contribution is 7.99. The molecular weight excluding hydrogens is 392 g/mol. The topological polar surface area (TPSA) is 60.7 Å². The summed E-state index contributed by atoms with van der Waals surface area (Å²) in [5.74, 6) is 2.90. The molecule has 30 heavy (non-hydrogen) atoms. The Bertz CT molecular complexity index is 802. The molecule has 0 radical (unpaired) electrons. The zero-order valence-corrected chi connectivity index (χ0v) is 19.7. The number of hydrogen-bond acceptors (Lipinski definition) is 4. The van der Waals surface area contributed by atoms with E-state index in [9.17, 15) is 15.3 Å². The third-order valence-electron chi connectivity index (χ3n) is 8.39.